The second-order valence-electron chi connectivity index (χ2n) is 5.84. The Morgan fingerprint density at radius 3 is 2.77 bits per heavy atom. The van der Waals surface area contributed by atoms with Gasteiger partial charge in [0.15, 0.2) is 0 Å². The molecule has 0 aliphatic heterocycles. The summed E-state index contributed by atoms with van der Waals surface area (Å²) in [5.41, 5.74) is 4.15. The van der Waals surface area contributed by atoms with Crippen LogP contribution in [0.5, 0.6) is 0 Å². The number of amides is 1. The van der Waals surface area contributed by atoms with Crippen LogP contribution in [0.15, 0.2) is 60.8 Å². The Balaban J connectivity index is 1.60. The van der Waals surface area contributed by atoms with Gasteiger partial charge < -0.3 is 5.32 Å². The Bertz CT molecular complexity index is 1090. The Morgan fingerprint density at radius 2 is 2.00 bits per heavy atom. The molecule has 0 unspecified atom stereocenters. The van der Waals surface area contributed by atoms with Crippen molar-refractivity contribution in [1.82, 2.24) is 9.97 Å². The molecule has 6 heteroatoms. The highest BCUT2D eigenvalue weighted by molar-refractivity contribution is 7.21. The molecule has 26 heavy (non-hydrogen) atoms. The summed E-state index contributed by atoms with van der Waals surface area (Å²) in [7, 11) is 0. The summed E-state index contributed by atoms with van der Waals surface area (Å²) in [5.74, 6) is -0.187. The van der Waals surface area contributed by atoms with Gasteiger partial charge in [-0.25, -0.2) is 9.97 Å². The second kappa shape index (κ2) is 6.86. The Kier molecular flexibility index (Phi) is 4.41. The minimum absolute atomic E-state index is 0.187. The number of carbonyl (C=O) groups excluding carboxylic acids is 1. The predicted molar refractivity (Wildman–Crippen MR) is 107 cm³/mol. The maximum atomic E-state index is 12.4. The summed E-state index contributed by atoms with van der Waals surface area (Å²) in [4.78, 5) is 22.3. The SMILES string of the molecule is Cc1cc(-c2nc3cccnc3s2)ccc1NC(=O)c1cccc(Cl)c1. The number of pyridine rings is 1. The van der Waals surface area contributed by atoms with Crippen molar-refractivity contribution in [1.29, 1.82) is 0 Å². The monoisotopic (exact) mass is 379 g/mol. The van der Waals surface area contributed by atoms with E-state index in [1.54, 1.807) is 41.8 Å². The summed E-state index contributed by atoms with van der Waals surface area (Å²) < 4.78 is 0. The molecule has 0 aliphatic carbocycles. The van der Waals surface area contributed by atoms with E-state index in [0.717, 1.165) is 32.2 Å². The molecule has 0 fully saturated rings. The van der Waals surface area contributed by atoms with Crippen molar-refractivity contribution in [3.05, 3.63) is 76.9 Å². The zero-order valence-corrected chi connectivity index (χ0v) is 15.4. The summed E-state index contributed by atoms with van der Waals surface area (Å²) in [6.07, 6.45) is 1.77. The molecule has 4 aromatic rings. The van der Waals surface area contributed by atoms with Crippen molar-refractivity contribution in [3.8, 4) is 10.6 Å². The van der Waals surface area contributed by atoms with Crippen molar-refractivity contribution >= 4 is 44.9 Å². The number of aryl methyl sites for hydroxylation is 1. The average molecular weight is 380 g/mol. The highest BCUT2D eigenvalue weighted by Crippen LogP contribution is 2.31. The molecule has 2 heterocycles. The van der Waals surface area contributed by atoms with Gasteiger partial charge in [0, 0.05) is 28.0 Å². The fraction of sp³-hybridized carbons (Fsp3) is 0.0500. The largest absolute Gasteiger partial charge is 0.322 e. The van der Waals surface area contributed by atoms with E-state index >= 15 is 0 Å². The maximum Gasteiger partial charge on any atom is 0.255 e. The van der Waals surface area contributed by atoms with Crippen LogP contribution in [0.25, 0.3) is 20.9 Å². The summed E-state index contributed by atoms with van der Waals surface area (Å²) in [5, 5.41) is 4.38. The van der Waals surface area contributed by atoms with E-state index in [1.165, 1.54) is 0 Å². The highest BCUT2D eigenvalue weighted by atomic mass is 35.5. The van der Waals surface area contributed by atoms with Gasteiger partial charge in [-0.3, -0.25) is 4.79 Å². The second-order valence-corrected chi connectivity index (χ2v) is 7.25. The number of nitrogens with zero attached hydrogens (tertiary/aromatic N) is 2. The molecule has 1 N–H and O–H groups in total. The first-order chi connectivity index (χ1) is 12.6. The fourth-order valence-electron chi connectivity index (χ4n) is 2.65. The fourth-order valence-corrected chi connectivity index (χ4v) is 3.75. The third-order valence-corrected chi connectivity index (χ3v) is 5.24. The normalized spacial score (nSPS) is 10.8. The van der Waals surface area contributed by atoms with Crippen LogP contribution >= 0.6 is 22.9 Å². The van der Waals surface area contributed by atoms with Crippen molar-refractivity contribution in [2.45, 2.75) is 6.92 Å². The minimum atomic E-state index is -0.187. The van der Waals surface area contributed by atoms with Gasteiger partial charge in [-0.05, 0) is 61.0 Å². The maximum absolute atomic E-state index is 12.4. The van der Waals surface area contributed by atoms with Gasteiger partial charge in [-0.15, -0.1) is 0 Å². The van der Waals surface area contributed by atoms with Crippen LogP contribution in [-0.2, 0) is 0 Å². The van der Waals surface area contributed by atoms with E-state index in [0.29, 0.717) is 10.6 Å². The smallest absolute Gasteiger partial charge is 0.255 e. The van der Waals surface area contributed by atoms with Crippen LogP contribution in [0.4, 0.5) is 5.69 Å². The number of aromatic nitrogens is 2. The number of rotatable bonds is 3. The molecule has 4 rings (SSSR count). The lowest BCUT2D eigenvalue weighted by Crippen LogP contribution is -2.12. The van der Waals surface area contributed by atoms with Crippen molar-refractivity contribution in [2.24, 2.45) is 0 Å². The molecule has 0 saturated carbocycles. The molecule has 0 saturated heterocycles. The van der Waals surface area contributed by atoms with Gasteiger partial charge in [-0.1, -0.05) is 29.0 Å². The Morgan fingerprint density at radius 1 is 1.12 bits per heavy atom. The molecule has 2 aromatic carbocycles. The van der Waals surface area contributed by atoms with Crippen LogP contribution in [0.2, 0.25) is 5.02 Å². The van der Waals surface area contributed by atoms with E-state index in [4.69, 9.17) is 11.6 Å². The van der Waals surface area contributed by atoms with E-state index in [9.17, 15) is 4.79 Å². The molecule has 0 atom stereocenters. The molecular formula is C20H14ClN3OS. The molecule has 0 bridgehead atoms. The number of nitrogens with one attached hydrogen (secondary N) is 1. The van der Waals surface area contributed by atoms with Gasteiger partial charge in [0.05, 0.1) is 0 Å². The number of thiazole rings is 1. The standard InChI is InChI=1S/C20H14ClN3OS/c1-12-10-14(19-24-17-6-3-9-22-20(17)26-19)7-8-16(12)23-18(25)13-4-2-5-15(21)11-13/h2-11H,1H3,(H,23,25). The number of hydrogen-bond acceptors (Lipinski definition) is 4. The lowest BCUT2D eigenvalue weighted by atomic mass is 10.1. The highest BCUT2D eigenvalue weighted by Gasteiger charge is 2.11. The first-order valence-corrected chi connectivity index (χ1v) is 9.19. The van der Waals surface area contributed by atoms with Gasteiger partial charge in [0.25, 0.3) is 5.91 Å². The molecule has 0 aliphatic rings. The molecule has 128 valence electrons. The quantitative estimate of drug-likeness (QED) is 0.506. The third-order valence-electron chi connectivity index (χ3n) is 3.97. The molecular weight excluding hydrogens is 366 g/mol. The number of hydrogen-bond donors (Lipinski definition) is 1. The van der Waals surface area contributed by atoms with E-state index in [2.05, 4.69) is 15.3 Å². The zero-order valence-electron chi connectivity index (χ0n) is 13.9. The minimum Gasteiger partial charge on any atom is -0.322 e. The van der Waals surface area contributed by atoms with Gasteiger partial charge in [-0.2, -0.15) is 0 Å². The van der Waals surface area contributed by atoms with Crippen LogP contribution < -0.4 is 5.32 Å². The van der Waals surface area contributed by atoms with Crippen LogP contribution in [0, 0.1) is 6.92 Å². The zero-order chi connectivity index (χ0) is 18.1. The van der Waals surface area contributed by atoms with Crippen LogP contribution in [0.3, 0.4) is 0 Å². The molecule has 0 radical (unpaired) electrons. The molecule has 0 spiro atoms. The number of fused-ring (bicyclic) bond motifs is 1. The number of benzene rings is 2. The van der Waals surface area contributed by atoms with E-state index < -0.39 is 0 Å². The molecule has 4 nitrogen and oxygen atoms in total. The first-order valence-electron chi connectivity index (χ1n) is 8.00. The Hall–Kier alpha value is -2.76. The molecule has 2 aromatic heterocycles. The van der Waals surface area contributed by atoms with Gasteiger partial charge >= 0.3 is 0 Å². The average Bonchev–Trinajstić information content (AvgIpc) is 3.07. The van der Waals surface area contributed by atoms with Crippen LogP contribution in [0.1, 0.15) is 15.9 Å². The third kappa shape index (κ3) is 3.31. The van der Waals surface area contributed by atoms with E-state index in [-0.39, 0.29) is 5.91 Å². The van der Waals surface area contributed by atoms with Crippen LogP contribution in [-0.4, -0.2) is 15.9 Å². The molecule has 1 amide bonds. The number of anilines is 1. The first kappa shape index (κ1) is 16.7. The topological polar surface area (TPSA) is 54.9 Å². The predicted octanol–water partition coefficient (Wildman–Crippen LogP) is 5.57. The van der Waals surface area contributed by atoms with E-state index in [1.807, 2.05) is 37.3 Å². The van der Waals surface area contributed by atoms with Gasteiger partial charge in [0.2, 0.25) is 0 Å². The van der Waals surface area contributed by atoms with Crippen molar-refractivity contribution < 1.29 is 4.79 Å². The lowest BCUT2D eigenvalue weighted by Gasteiger charge is -2.10. The van der Waals surface area contributed by atoms with Crippen molar-refractivity contribution in [3.63, 3.8) is 0 Å². The summed E-state index contributed by atoms with van der Waals surface area (Å²) >= 11 is 7.51. The Labute approximate surface area is 159 Å². The summed E-state index contributed by atoms with van der Waals surface area (Å²) in [6, 6.07) is 16.6. The number of carbonyl (C=O) groups is 1. The number of halogens is 1. The van der Waals surface area contributed by atoms with Gasteiger partial charge in [0.1, 0.15) is 15.4 Å². The summed E-state index contributed by atoms with van der Waals surface area (Å²) in [6.45, 7) is 1.96. The van der Waals surface area contributed by atoms with Crippen molar-refractivity contribution in [2.75, 3.05) is 5.32 Å². The lowest BCUT2D eigenvalue weighted by molar-refractivity contribution is 0.102.